The van der Waals surface area contributed by atoms with Crippen molar-refractivity contribution in [3.63, 3.8) is 0 Å². The van der Waals surface area contributed by atoms with E-state index in [0.717, 1.165) is 50.5 Å². The van der Waals surface area contributed by atoms with Gasteiger partial charge in [-0.2, -0.15) is 0 Å². The summed E-state index contributed by atoms with van der Waals surface area (Å²) in [6.45, 7) is 4.49. The highest BCUT2D eigenvalue weighted by Gasteiger charge is 2.41. The number of aliphatic imine (C=N–C) groups is 1. The normalized spacial score (nSPS) is 25.2. The van der Waals surface area contributed by atoms with Gasteiger partial charge >= 0.3 is 0 Å². The number of benzene rings is 1. The Hall–Kier alpha value is -1.82. The number of halogens is 1. The highest BCUT2D eigenvalue weighted by atomic mass is 19.1. The van der Waals surface area contributed by atoms with Gasteiger partial charge in [0, 0.05) is 32.4 Å². The molecule has 0 amide bonds. The lowest BCUT2D eigenvalue weighted by Crippen LogP contribution is -2.47. The second-order valence-corrected chi connectivity index (χ2v) is 6.88. The molecule has 2 heterocycles. The van der Waals surface area contributed by atoms with Crippen molar-refractivity contribution in [3.8, 4) is 0 Å². The summed E-state index contributed by atoms with van der Waals surface area (Å²) in [7, 11) is 1.98. The van der Waals surface area contributed by atoms with Crippen molar-refractivity contribution in [1.82, 2.24) is 10.6 Å². The second kappa shape index (κ2) is 8.52. The van der Waals surface area contributed by atoms with Gasteiger partial charge in [-0.15, -0.1) is 0 Å². The number of anilines is 1. The topological polar surface area (TPSA) is 48.9 Å². The van der Waals surface area contributed by atoms with Crippen LogP contribution in [0, 0.1) is 5.82 Å². The summed E-state index contributed by atoms with van der Waals surface area (Å²) >= 11 is 0. The summed E-state index contributed by atoms with van der Waals surface area (Å²) in [4.78, 5) is 6.74. The van der Waals surface area contributed by atoms with Gasteiger partial charge in [-0.05, 0) is 50.8 Å². The molecule has 2 aliphatic rings. The smallest absolute Gasteiger partial charge is 0.191 e. The fourth-order valence-electron chi connectivity index (χ4n) is 3.63. The van der Waals surface area contributed by atoms with Crippen LogP contribution in [-0.2, 0) is 4.74 Å². The van der Waals surface area contributed by atoms with Gasteiger partial charge in [0.1, 0.15) is 5.82 Å². The van der Waals surface area contributed by atoms with Crippen LogP contribution in [0.5, 0.6) is 0 Å². The lowest BCUT2D eigenvalue weighted by Gasteiger charge is -2.23. The number of nitrogens with zero attached hydrogens (tertiary/aromatic N) is 2. The molecule has 2 aliphatic heterocycles. The SMILES string of the molecule is CCNC(=NCCCN(C)c1cccc(F)c1)NC1CC2CCC1O2. The minimum absolute atomic E-state index is 0.200. The van der Waals surface area contributed by atoms with E-state index < -0.39 is 0 Å². The molecular formula is C19H29FN4O. The summed E-state index contributed by atoms with van der Waals surface area (Å²) in [5.41, 5.74) is 0.896. The molecule has 3 rings (SSSR count). The molecule has 25 heavy (non-hydrogen) atoms. The van der Waals surface area contributed by atoms with Crippen molar-refractivity contribution < 1.29 is 9.13 Å². The third-order valence-corrected chi connectivity index (χ3v) is 4.94. The Bertz CT molecular complexity index is 595. The van der Waals surface area contributed by atoms with Gasteiger partial charge in [0.25, 0.3) is 0 Å². The van der Waals surface area contributed by atoms with Crippen LogP contribution in [0.25, 0.3) is 0 Å². The molecule has 1 aromatic carbocycles. The fourth-order valence-corrected chi connectivity index (χ4v) is 3.63. The Morgan fingerprint density at radius 3 is 2.96 bits per heavy atom. The van der Waals surface area contributed by atoms with Gasteiger partial charge in [-0.25, -0.2) is 4.39 Å². The van der Waals surface area contributed by atoms with Crippen molar-refractivity contribution >= 4 is 11.6 Å². The van der Waals surface area contributed by atoms with Crippen LogP contribution in [-0.4, -0.2) is 50.9 Å². The highest BCUT2D eigenvalue weighted by molar-refractivity contribution is 5.80. The maximum Gasteiger partial charge on any atom is 0.191 e. The molecule has 138 valence electrons. The average Bonchev–Trinajstić information content (AvgIpc) is 3.21. The van der Waals surface area contributed by atoms with Crippen molar-refractivity contribution in [2.75, 3.05) is 31.6 Å². The number of hydrogen-bond acceptors (Lipinski definition) is 3. The molecule has 6 heteroatoms. The molecule has 2 N–H and O–H groups in total. The van der Waals surface area contributed by atoms with Crippen LogP contribution < -0.4 is 15.5 Å². The Balaban J connectivity index is 1.45. The molecule has 0 radical (unpaired) electrons. The quantitative estimate of drug-likeness (QED) is 0.452. The Labute approximate surface area is 149 Å². The lowest BCUT2D eigenvalue weighted by molar-refractivity contribution is 0.0992. The molecule has 1 aromatic rings. The van der Waals surface area contributed by atoms with Gasteiger partial charge in [0.15, 0.2) is 5.96 Å². The number of rotatable bonds is 7. The minimum Gasteiger partial charge on any atom is -0.374 e. The number of guanidine groups is 1. The highest BCUT2D eigenvalue weighted by Crippen LogP contribution is 2.34. The molecule has 0 aromatic heterocycles. The van der Waals surface area contributed by atoms with E-state index in [1.807, 2.05) is 13.1 Å². The molecule has 0 saturated carbocycles. The molecule has 3 unspecified atom stereocenters. The first kappa shape index (κ1) is 18.0. The van der Waals surface area contributed by atoms with Gasteiger partial charge < -0.3 is 20.3 Å². The standard InChI is InChI=1S/C19H29FN4O/c1-3-21-19(23-17-13-16-8-9-18(17)25-16)22-10-5-11-24(2)15-7-4-6-14(20)12-15/h4,6-7,12,16-18H,3,5,8-11,13H2,1-2H3,(H2,21,22,23). The van der Waals surface area contributed by atoms with E-state index in [9.17, 15) is 4.39 Å². The van der Waals surface area contributed by atoms with E-state index in [-0.39, 0.29) is 5.82 Å². The van der Waals surface area contributed by atoms with Crippen LogP contribution in [0.2, 0.25) is 0 Å². The third-order valence-electron chi connectivity index (χ3n) is 4.94. The molecule has 5 nitrogen and oxygen atoms in total. The van der Waals surface area contributed by atoms with Crippen LogP contribution in [0.1, 0.15) is 32.6 Å². The van der Waals surface area contributed by atoms with E-state index in [4.69, 9.17) is 4.74 Å². The van der Waals surface area contributed by atoms with Crippen LogP contribution >= 0.6 is 0 Å². The monoisotopic (exact) mass is 348 g/mol. The van der Waals surface area contributed by atoms with Crippen molar-refractivity contribution in [2.45, 2.75) is 50.9 Å². The van der Waals surface area contributed by atoms with Gasteiger partial charge in [0.05, 0.1) is 18.2 Å². The lowest BCUT2D eigenvalue weighted by atomic mass is 9.96. The molecule has 3 atom stereocenters. The molecular weight excluding hydrogens is 319 g/mol. The Kier molecular flexibility index (Phi) is 6.13. The number of hydrogen-bond donors (Lipinski definition) is 2. The summed E-state index contributed by atoms with van der Waals surface area (Å²) < 4.78 is 19.2. The van der Waals surface area contributed by atoms with Gasteiger partial charge in [-0.3, -0.25) is 4.99 Å². The maximum absolute atomic E-state index is 13.3. The first-order valence-electron chi connectivity index (χ1n) is 9.32. The van der Waals surface area contributed by atoms with Crippen molar-refractivity contribution in [2.24, 2.45) is 4.99 Å². The van der Waals surface area contributed by atoms with E-state index in [2.05, 4.69) is 27.4 Å². The van der Waals surface area contributed by atoms with E-state index >= 15 is 0 Å². The fraction of sp³-hybridized carbons (Fsp3) is 0.632. The molecule has 2 bridgehead atoms. The third kappa shape index (κ3) is 4.84. The second-order valence-electron chi connectivity index (χ2n) is 6.88. The first-order chi connectivity index (χ1) is 12.2. The average molecular weight is 348 g/mol. The van der Waals surface area contributed by atoms with E-state index in [0.29, 0.717) is 18.2 Å². The first-order valence-corrected chi connectivity index (χ1v) is 9.32. The largest absolute Gasteiger partial charge is 0.374 e. The number of fused-ring (bicyclic) bond motifs is 2. The van der Waals surface area contributed by atoms with E-state index in [1.54, 1.807) is 12.1 Å². The zero-order valence-electron chi connectivity index (χ0n) is 15.2. The van der Waals surface area contributed by atoms with Crippen LogP contribution in [0.3, 0.4) is 0 Å². The minimum atomic E-state index is -0.200. The van der Waals surface area contributed by atoms with Gasteiger partial charge in [0.2, 0.25) is 0 Å². The molecule has 2 saturated heterocycles. The van der Waals surface area contributed by atoms with Crippen LogP contribution in [0.15, 0.2) is 29.3 Å². The summed E-state index contributed by atoms with van der Waals surface area (Å²) in [5.74, 6) is 0.672. The van der Waals surface area contributed by atoms with Crippen LogP contribution in [0.4, 0.5) is 10.1 Å². The number of ether oxygens (including phenoxy) is 1. The van der Waals surface area contributed by atoms with Crippen molar-refractivity contribution in [1.29, 1.82) is 0 Å². The number of nitrogens with one attached hydrogen (secondary N) is 2. The Morgan fingerprint density at radius 1 is 1.40 bits per heavy atom. The molecule has 0 spiro atoms. The predicted octanol–water partition coefficient (Wildman–Crippen LogP) is 2.53. The zero-order chi connectivity index (χ0) is 17.6. The Morgan fingerprint density at radius 2 is 2.28 bits per heavy atom. The molecule has 0 aliphatic carbocycles. The summed E-state index contributed by atoms with van der Waals surface area (Å²) in [6.07, 6.45) is 5.12. The predicted molar refractivity (Wildman–Crippen MR) is 99.7 cm³/mol. The van der Waals surface area contributed by atoms with E-state index in [1.165, 1.54) is 12.5 Å². The summed E-state index contributed by atoms with van der Waals surface area (Å²) in [5, 5.41) is 6.84. The van der Waals surface area contributed by atoms with Crippen molar-refractivity contribution in [3.05, 3.63) is 30.1 Å². The summed E-state index contributed by atoms with van der Waals surface area (Å²) in [6, 6.07) is 7.07. The zero-order valence-corrected chi connectivity index (χ0v) is 15.2. The van der Waals surface area contributed by atoms with Gasteiger partial charge in [-0.1, -0.05) is 6.07 Å². The maximum atomic E-state index is 13.3. The molecule has 2 fully saturated rings.